The van der Waals surface area contributed by atoms with Gasteiger partial charge in [0.1, 0.15) is 5.92 Å². The number of carbonyl (C=O) groups excluding carboxylic acids is 1. The summed E-state index contributed by atoms with van der Waals surface area (Å²) in [6.45, 7) is 1.93. The molecule has 0 saturated heterocycles. The van der Waals surface area contributed by atoms with Crippen LogP contribution in [-0.2, 0) is 9.59 Å². The Kier molecular flexibility index (Phi) is 5.06. The molecule has 1 aliphatic rings. The van der Waals surface area contributed by atoms with Gasteiger partial charge >= 0.3 is 5.97 Å². The Labute approximate surface area is 131 Å². The monoisotopic (exact) mass is 304 g/mol. The molecule has 0 aromatic heterocycles. The third-order valence-electron chi connectivity index (χ3n) is 4.46. The van der Waals surface area contributed by atoms with Crippen molar-refractivity contribution in [3.63, 3.8) is 0 Å². The number of nitrogens with one attached hydrogen (secondary N) is 1. The molecule has 1 fully saturated rings. The molecule has 2 N–H and O–H groups in total. The second kappa shape index (κ2) is 6.81. The van der Waals surface area contributed by atoms with Crippen molar-refractivity contribution in [2.45, 2.75) is 32.6 Å². The molecule has 0 bridgehead atoms. The average molecular weight is 304 g/mol. The highest BCUT2D eigenvalue weighted by Crippen LogP contribution is 2.33. The lowest BCUT2D eigenvalue weighted by molar-refractivity contribution is -0.147. The van der Waals surface area contributed by atoms with Gasteiger partial charge in [-0.2, -0.15) is 0 Å². The van der Waals surface area contributed by atoms with Crippen molar-refractivity contribution in [1.82, 2.24) is 0 Å². The van der Waals surface area contributed by atoms with Gasteiger partial charge < -0.3 is 15.3 Å². The fourth-order valence-electron chi connectivity index (χ4n) is 3.27. The van der Waals surface area contributed by atoms with E-state index in [9.17, 15) is 14.7 Å². The van der Waals surface area contributed by atoms with Crippen molar-refractivity contribution in [3.05, 3.63) is 23.8 Å². The van der Waals surface area contributed by atoms with Gasteiger partial charge in [0, 0.05) is 25.5 Å². The molecule has 1 unspecified atom stereocenters. The minimum Gasteiger partial charge on any atom is -0.481 e. The Bertz CT molecular complexity index is 563. The van der Waals surface area contributed by atoms with Crippen molar-refractivity contribution in [3.8, 4) is 0 Å². The zero-order valence-electron chi connectivity index (χ0n) is 13.4. The van der Waals surface area contributed by atoms with Crippen molar-refractivity contribution in [2.75, 3.05) is 24.3 Å². The standard InChI is InChI=1S/C17H24N2O3/c1-11-13(9-6-10-14(11)19(2)3)18-16(20)15(17(21)22)12-7-4-5-8-12/h6,9-10,12,15H,4-5,7-8H2,1-3H3,(H,18,20)(H,21,22). The van der Waals surface area contributed by atoms with Crippen molar-refractivity contribution in [2.24, 2.45) is 11.8 Å². The third-order valence-corrected chi connectivity index (χ3v) is 4.46. The normalized spacial score (nSPS) is 16.3. The van der Waals surface area contributed by atoms with Gasteiger partial charge in [0.15, 0.2) is 0 Å². The van der Waals surface area contributed by atoms with E-state index in [2.05, 4.69) is 5.32 Å². The number of aliphatic carboxylic acids is 1. The first-order valence-corrected chi connectivity index (χ1v) is 7.72. The second-order valence-corrected chi connectivity index (χ2v) is 6.19. The second-order valence-electron chi connectivity index (χ2n) is 6.19. The summed E-state index contributed by atoms with van der Waals surface area (Å²) in [5, 5.41) is 12.2. The summed E-state index contributed by atoms with van der Waals surface area (Å²) in [6, 6.07) is 5.65. The van der Waals surface area contributed by atoms with Crippen molar-refractivity contribution >= 4 is 23.3 Å². The molecule has 0 aliphatic heterocycles. The maximum absolute atomic E-state index is 12.5. The zero-order valence-corrected chi connectivity index (χ0v) is 13.4. The van der Waals surface area contributed by atoms with E-state index >= 15 is 0 Å². The van der Waals surface area contributed by atoms with Gasteiger partial charge in [-0.3, -0.25) is 9.59 Å². The van der Waals surface area contributed by atoms with E-state index in [0.717, 1.165) is 36.9 Å². The molecule has 5 nitrogen and oxygen atoms in total. The predicted octanol–water partition coefficient (Wildman–Crippen LogP) is 2.89. The van der Waals surface area contributed by atoms with E-state index < -0.39 is 17.8 Å². The van der Waals surface area contributed by atoms with Crippen LogP contribution in [-0.4, -0.2) is 31.1 Å². The largest absolute Gasteiger partial charge is 0.481 e. The zero-order chi connectivity index (χ0) is 16.3. The Balaban J connectivity index is 2.20. The number of anilines is 2. The Morgan fingerprint density at radius 1 is 1.27 bits per heavy atom. The molecule has 0 heterocycles. The SMILES string of the molecule is Cc1c(NC(=O)C(C(=O)O)C2CCCC2)cccc1N(C)C. The highest BCUT2D eigenvalue weighted by molar-refractivity contribution is 6.05. The fourth-order valence-corrected chi connectivity index (χ4v) is 3.27. The molecule has 2 rings (SSSR count). The number of hydrogen-bond donors (Lipinski definition) is 2. The maximum Gasteiger partial charge on any atom is 0.316 e. The molecule has 1 aromatic rings. The number of amides is 1. The van der Waals surface area contributed by atoms with Crippen LogP contribution >= 0.6 is 0 Å². The van der Waals surface area contributed by atoms with E-state index in [0.29, 0.717) is 5.69 Å². The molecular formula is C17H24N2O3. The van der Waals surface area contributed by atoms with Crippen molar-refractivity contribution in [1.29, 1.82) is 0 Å². The van der Waals surface area contributed by atoms with E-state index in [1.165, 1.54) is 0 Å². The average Bonchev–Trinajstić information content (AvgIpc) is 2.94. The fraction of sp³-hybridized carbons (Fsp3) is 0.529. The van der Waals surface area contributed by atoms with Gasteiger partial charge in [-0.05, 0) is 43.4 Å². The van der Waals surface area contributed by atoms with Crippen LogP contribution < -0.4 is 10.2 Å². The Morgan fingerprint density at radius 3 is 2.45 bits per heavy atom. The summed E-state index contributed by atoms with van der Waals surface area (Å²) in [5.74, 6) is -2.43. The number of carboxylic acid groups (broad SMARTS) is 1. The summed E-state index contributed by atoms with van der Waals surface area (Å²) in [5.41, 5.74) is 2.63. The number of hydrogen-bond acceptors (Lipinski definition) is 3. The van der Waals surface area contributed by atoms with Crippen LogP contribution in [0.2, 0.25) is 0 Å². The number of benzene rings is 1. The van der Waals surface area contributed by atoms with Crippen LogP contribution in [0, 0.1) is 18.8 Å². The quantitative estimate of drug-likeness (QED) is 0.821. The molecule has 1 amide bonds. The van der Waals surface area contributed by atoms with Crippen molar-refractivity contribution < 1.29 is 14.7 Å². The molecule has 120 valence electrons. The molecular weight excluding hydrogens is 280 g/mol. The minimum absolute atomic E-state index is 0.0464. The van der Waals surface area contributed by atoms with Crippen LogP contribution in [0.3, 0.4) is 0 Å². The third kappa shape index (κ3) is 3.40. The number of nitrogens with zero attached hydrogens (tertiary/aromatic N) is 1. The van der Waals surface area contributed by atoms with E-state index in [-0.39, 0.29) is 5.92 Å². The van der Waals surface area contributed by atoms with Gasteiger partial charge in [0.2, 0.25) is 5.91 Å². The highest BCUT2D eigenvalue weighted by Gasteiger charge is 2.36. The predicted molar refractivity (Wildman–Crippen MR) is 87.2 cm³/mol. The molecule has 1 aromatic carbocycles. The summed E-state index contributed by atoms with van der Waals surface area (Å²) in [6.07, 6.45) is 3.66. The molecule has 22 heavy (non-hydrogen) atoms. The molecule has 5 heteroatoms. The number of rotatable bonds is 5. The minimum atomic E-state index is -1.02. The molecule has 1 saturated carbocycles. The number of carbonyl (C=O) groups is 2. The van der Waals surface area contributed by atoms with Gasteiger partial charge in [-0.15, -0.1) is 0 Å². The van der Waals surface area contributed by atoms with E-state index in [1.54, 1.807) is 0 Å². The van der Waals surface area contributed by atoms with Crippen LogP contribution in [0.5, 0.6) is 0 Å². The Morgan fingerprint density at radius 2 is 1.91 bits per heavy atom. The summed E-state index contributed by atoms with van der Waals surface area (Å²) < 4.78 is 0. The van der Waals surface area contributed by atoms with Gasteiger partial charge in [0.25, 0.3) is 0 Å². The summed E-state index contributed by atoms with van der Waals surface area (Å²) >= 11 is 0. The maximum atomic E-state index is 12.5. The van der Waals surface area contributed by atoms with Crippen LogP contribution in [0.25, 0.3) is 0 Å². The summed E-state index contributed by atoms with van der Waals surface area (Å²) in [4.78, 5) is 25.9. The first-order chi connectivity index (χ1) is 10.4. The van der Waals surface area contributed by atoms with Crippen LogP contribution in [0.4, 0.5) is 11.4 Å². The van der Waals surface area contributed by atoms with Gasteiger partial charge in [-0.25, -0.2) is 0 Å². The van der Waals surface area contributed by atoms with Crippen LogP contribution in [0.15, 0.2) is 18.2 Å². The molecule has 1 atom stereocenters. The first kappa shape index (κ1) is 16.3. The summed E-state index contributed by atoms with van der Waals surface area (Å²) in [7, 11) is 3.87. The molecule has 0 spiro atoms. The lowest BCUT2D eigenvalue weighted by Gasteiger charge is -2.21. The smallest absolute Gasteiger partial charge is 0.316 e. The first-order valence-electron chi connectivity index (χ1n) is 7.72. The van der Waals surface area contributed by atoms with E-state index in [4.69, 9.17) is 0 Å². The lowest BCUT2D eigenvalue weighted by atomic mass is 9.90. The van der Waals surface area contributed by atoms with E-state index in [1.807, 2.05) is 44.1 Å². The molecule has 0 radical (unpaired) electrons. The van der Waals surface area contributed by atoms with Gasteiger partial charge in [0.05, 0.1) is 0 Å². The lowest BCUT2D eigenvalue weighted by Crippen LogP contribution is -2.34. The van der Waals surface area contributed by atoms with Crippen LogP contribution in [0.1, 0.15) is 31.2 Å². The highest BCUT2D eigenvalue weighted by atomic mass is 16.4. The van der Waals surface area contributed by atoms with Gasteiger partial charge in [-0.1, -0.05) is 18.9 Å². The Hall–Kier alpha value is -2.04. The molecule has 1 aliphatic carbocycles. The topological polar surface area (TPSA) is 69.6 Å². The number of carboxylic acids is 1.